The van der Waals surface area contributed by atoms with Gasteiger partial charge in [-0.1, -0.05) is 60.7 Å². The molecule has 112 valence electrons. The summed E-state index contributed by atoms with van der Waals surface area (Å²) < 4.78 is 5.08. The average molecular weight is 294 g/mol. The van der Waals surface area contributed by atoms with Crippen molar-refractivity contribution in [2.75, 3.05) is 6.61 Å². The second-order valence-corrected chi connectivity index (χ2v) is 5.20. The third kappa shape index (κ3) is 2.48. The third-order valence-electron chi connectivity index (χ3n) is 3.86. The highest BCUT2D eigenvalue weighted by Crippen LogP contribution is 2.36. The largest absolute Gasteiger partial charge is 0.461 e. The van der Waals surface area contributed by atoms with Crippen LogP contribution in [0.3, 0.4) is 0 Å². The van der Waals surface area contributed by atoms with Crippen LogP contribution in [0.25, 0.3) is 0 Å². The average Bonchev–Trinajstić information content (AvgIpc) is 3.03. The zero-order valence-corrected chi connectivity index (χ0v) is 12.5. The Labute approximate surface area is 129 Å². The number of nitrogens with zero attached hydrogens (tertiary/aromatic N) is 1. The van der Waals surface area contributed by atoms with Crippen LogP contribution in [0.2, 0.25) is 0 Å². The van der Waals surface area contributed by atoms with Gasteiger partial charge in [0.05, 0.1) is 6.61 Å². The molecular weight excluding hydrogens is 276 g/mol. The van der Waals surface area contributed by atoms with Crippen molar-refractivity contribution < 1.29 is 9.53 Å². The van der Waals surface area contributed by atoms with Gasteiger partial charge in [-0.3, -0.25) is 5.43 Å². The van der Waals surface area contributed by atoms with E-state index in [0.717, 1.165) is 11.1 Å². The topological polar surface area (TPSA) is 50.7 Å². The first kappa shape index (κ1) is 14.3. The normalized spacial score (nSPS) is 15.8. The molecule has 0 atom stereocenters. The number of benzene rings is 2. The number of nitrogens with one attached hydrogen (secondary N) is 1. The number of hydrogen-bond donors (Lipinski definition) is 1. The van der Waals surface area contributed by atoms with Crippen LogP contribution < -0.4 is 5.43 Å². The van der Waals surface area contributed by atoms with E-state index in [1.165, 1.54) is 0 Å². The lowest BCUT2D eigenvalue weighted by Gasteiger charge is -2.30. The molecule has 1 heterocycles. The maximum atomic E-state index is 12.0. The van der Waals surface area contributed by atoms with E-state index < -0.39 is 5.54 Å². The van der Waals surface area contributed by atoms with Crippen LogP contribution in [0.5, 0.6) is 0 Å². The summed E-state index contributed by atoms with van der Waals surface area (Å²) in [5.41, 5.74) is 5.23. The van der Waals surface area contributed by atoms with Gasteiger partial charge in [0.25, 0.3) is 0 Å². The second-order valence-electron chi connectivity index (χ2n) is 5.20. The van der Waals surface area contributed by atoms with Crippen LogP contribution in [0, 0.1) is 0 Å². The van der Waals surface area contributed by atoms with Gasteiger partial charge in [0.2, 0.25) is 0 Å². The van der Waals surface area contributed by atoms with Gasteiger partial charge in [0.15, 0.2) is 0 Å². The molecule has 0 saturated heterocycles. The first-order chi connectivity index (χ1) is 10.8. The van der Waals surface area contributed by atoms with Crippen molar-refractivity contribution in [3.8, 4) is 0 Å². The molecule has 0 amide bonds. The Kier molecular flexibility index (Phi) is 3.92. The summed E-state index contributed by atoms with van der Waals surface area (Å²) in [6.45, 7) is 2.14. The first-order valence-electron chi connectivity index (χ1n) is 7.38. The van der Waals surface area contributed by atoms with Gasteiger partial charge in [-0.25, -0.2) is 4.79 Å². The molecule has 4 heteroatoms. The Morgan fingerprint density at radius 2 is 1.64 bits per heavy atom. The number of ether oxygens (including phenoxy) is 1. The van der Waals surface area contributed by atoms with E-state index >= 15 is 0 Å². The second kappa shape index (κ2) is 6.02. The fourth-order valence-electron chi connectivity index (χ4n) is 2.77. The molecule has 2 aromatic carbocycles. The van der Waals surface area contributed by atoms with Crippen molar-refractivity contribution in [2.45, 2.75) is 18.9 Å². The monoisotopic (exact) mass is 294 g/mol. The van der Waals surface area contributed by atoms with Crippen molar-refractivity contribution >= 4 is 11.7 Å². The smallest absolute Gasteiger partial charge is 0.354 e. The van der Waals surface area contributed by atoms with Crippen LogP contribution in [-0.4, -0.2) is 18.3 Å². The van der Waals surface area contributed by atoms with Crippen LogP contribution in [-0.2, 0) is 15.1 Å². The lowest BCUT2D eigenvalue weighted by atomic mass is 9.80. The molecule has 2 aromatic rings. The van der Waals surface area contributed by atoms with E-state index in [1.54, 1.807) is 6.92 Å². The van der Waals surface area contributed by atoms with Gasteiger partial charge >= 0.3 is 5.97 Å². The van der Waals surface area contributed by atoms with Crippen LogP contribution >= 0.6 is 0 Å². The Hall–Kier alpha value is -2.62. The SMILES string of the molecule is CCOC(=O)C1=NNC(c2ccccc2)(c2ccccc2)C1. The van der Waals surface area contributed by atoms with Gasteiger partial charge < -0.3 is 4.74 Å². The van der Waals surface area contributed by atoms with Crippen LogP contribution in [0.15, 0.2) is 65.8 Å². The number of carbonyl (C=O) groups is 1. The zero-order valence-electron chi connectivity index (χ0n) is 12.5. The van der Waals surface area contributed by atoms with Crippen LogP contribution in [0.1, 0.15) is 24.5 Å². The maximum absolute atomic E-state index is 12.0. The molecule has 22 heavy (non-hydrogen) atoms. The summed E-state index contributed by atoms with van der Waals surface area (Å²) in [6.07, 6.45) is 0.472. The minimum absolute atomic E-state index is 0.349. The summed E-state index contributed by atoms with van der Waals surface area (Å²) in [5.74, 6) is -0.358. The van der Waals surface area contributed by atoms with Crippen molar-refractivity contribution in [2.24, 2.45) is 5.10 Å². The van der Waals surface area contributed by atoms with E-state index in [4.69, 9.17) is 4.74 Å². The fraction of sp³-hybridized carbons (Fsp3) is 0.222. The van der Waals surface area contributed by atoms with E-state index in [2.05, 4.69) is 10.5 Å². The van der Waals surface area contributed by atoms with Crippen molar-refractivity contribution in [3.05, 3.63) is 71.8 Å². The molecule has 1 N–H and O–H groups in total. The first-order valence-corrected chi connectivity index (χ1v) is 7.38. The summed E-state index contributed by atoms with van der Waals surface area (Å²) in [4.78, 5) is 12.0. The molecule has 0 unspecified atom stereocenters. The van der Waals surface area contributed by atoms with Gasteiger partial charge in [-0.05, 0) is 18.1 Å². The van der Waals surface area contributed by atoms with Crippen molar-refractivity contribution in [1.29, 1.82) is 0 Å². The maximum Gasteiger partial charge on any atom is 0.354 e. The Morgan fingerprint density at radius 3 is 2.14 bits per heavy atom. The van der Waals surface area contributed by atoms with Gasteiger partial charge in [0.1, 0.15) is 11.3 Å². The minimum Gasteiger partial charge on any atom is -0.461 e. The van der Waals surface area contributed by atoms with E-state index in [-0.39, 0.29) is 5.97 Å². The minimum atomic E-state index is -0.523. The lowest BCUT2D eigenvalue weighted by molar-refractivity contribution is -0.135. The number of esters is 1. The summed E-state index contributed by atoms with van der Waals surface area (Å²) in [5, 5.41) is 4.25. The predicted molar refractivity (Wildman–Crippen MR) is 85.5 cm³/mol. The van der Waals surface area contributed by atoms with Gasteiger partial charge in [-0.15, -0.1) is 0 Å². The van der Waals surface area contributed by atoms with Crippen LogP contribution in [0.4, 0.5) is 0 Å². The Balaban J connectivity index is 2.00. The summed E-state index contributed by atoms with van der Waals surface area (Å²) >= 11 is 0. The molecule has 1 aliphatic rings. The molecule has 0 radical (unpaired) electrons. The molecule has 1 aliphatic heterocycles. The third-order valence-corrected chi connectivity index (χ3v) is 3.86. The molecule has 0 spiro atoms. The van der Waals surface area contributed by atoms with Gasteiger partial charge in [0, 0.05) is 6.42 Å². The lowest BCUT2D eigenvalue weighted by Crippen LogP contribution is -2.37. The zero-order chi connectivity index (χ0) is 15.4. The quantitative estimate of drug-likeness (QED) is 0.882. The summed E-state index contributed by atoms with van der Waals surface area (Å²) in [6, 6.07) is 20.1. The van der Waals surface area contributed by atoms with Crippen molar-refractivity contribution in [1.82, 2.24) is 5.43 Å². The number of hydrazone groups is 1. The number of carbonyl (C=O) groups excluding carboxylic acids is 1. The van der Waals surface area contributed by atoms with E-state index in [9.17, 15) is 4.79 Å². The number of rotatable bonds is 4. The molecule has 0 saturated carbocycles. The fourth-order valence-corrected chi connectivity index (χ4v) is 2.77. The molecule has 4 nitrogen and oxygen atoms in total. The highest BCUT2D eigenvalue weighted by molar-refractivity contribution is 6.37. The predicted octanol–water partition coefficient (Wildman–Crippen LogP) is 2.84. The summed E-state index contributed by atoms with van der Waals surface area (Å²) in [7, 11) is 0. The Morgan fingerprint density at radius 1 is 1.09 bits per heavy atom. The molecule has 3 rings (SSSR count). The highest BCUT2D eigenvalue weighted by Gasteiger charge is 2.41. The standard InChI is InChI=1S/C18H18N2O2/c1-2-22-17(21)16-13-18(20-19-16,14-9-5-3-6-10-14)15-11-7-4-8-12-15/h3-12,20H,2,13H2,1H3. The Bertz CT molecular complexity index is 641. The molecule has 0 aromatic heterocycles. The number of hydrogen-bond acceptors (Lipinski definition) is 4. The van der Waals surface area contributed by atoms with E-state index in [0.29, 0.717) is 18.7 Å². The molecule has 0 bridgehead atoms. The molecule has 0 fully saturated rings. The van der Waals surface area contributed by atoms with Crippen molar-refractivity contribution in [3.63, 3.8) is 0 Å². The van der Waals surface area contributed by atoms with E-state index in [1.807, 2.05) is 60.7 Å². The highest BCUT2D eigenvalue weighted by atomic mass is 16.5. The molecule has 0 aliphatic carbocycles. The molecular formula is C18H18N2O2. The van der Waals surface area contributed by atoms with Gasteiger partial charge in [-0.2, -0.15) is 5.10 Å².